The minimum absolute atomic E-state index is 0.115. The van der Waals surface area contributed by atoms with Crippen LogP contribution in [0.4, 0.5) is 13.2 Å². The molecule has 0 aromatic heterocycles. The lowest BCUT2D eigenvalue weighted by molar-refractivity contribution is -0.173. The van der Waals surface area contributed by atoms with Crippen LogP contribution in [0.2, 0.25) is 20.1 Å². The van der Waals surface area contributed by atoms with Crippen LogP contribution in [0.5, 0.6) is 0 Å². The molecule has 0 aliphatic rings. The Bertz CT molecular complexity index is 801. The maximum absolute atomic E-state index is 11.8. The molecule has 0 saturated carbocycles. The van der Waals surface area contributed by atoms with Gasteiger partial charge in [0.2, 0.25) is 0 Å². The van der Waals surface area contributed by atoms with Crippen LogP contribution in [-0.4, -0.2) is 25.2 Å². The number of hydrogen-bond acceptors (Lipinski definition) is 2. The summed E-state index contributed by atoms with van der Waals surface area (Å²) in [5.41, 5.74) is 7.20. The Morgan fingerprint density at radius 1 is 0.857 bits per heavy atom. The number of halogens is 7. The third kappa shape index (κ3) is 8.88. The molecular formula is C18H17Cl4F3N2O. The number of hydrogen-bond donors (Lipinski definition) is 2. The fourth-order valence-corrected chi connectivity index (χ4v) is 2.62. The van der Waals surface area contributed by atoms with Gasteiger partial charge in [0.1, 0.15) is 0 Å². The van der Waals surface area contributed by atoms with Crippen LogP contribution in [0.1, 0.15) is 11.1 Å². The van der Waals surface area contributed by atoms with Crippen molar-refractivity contribution in [3.05, 3.63) is 67.6 Å². The van der Waals surface area contributed by atoms with Crippen LogP contribution in [0.25, 0.3) is 0 Å². The highest BCUT2D eigenvalue weighted by Crippen LogP contribution is 2.23. The second kappa shape index (κ2) is 11.7. The predicted octanol–water partition coefficient (Wildman–Crippen LogP) is 5.71. The van der Waals surface area contributed by atoms with Gasteiger partial charge in [0, 0.05) is 6.54 Å². The van der Waals surface area contributed by atoms with Crippen molar-refractivity contribution in [2.75, 3.05) is 13.1 Å². The van der Waals surface area contributed by atoms with Crippen molar-refractivity contribution in [2.24, 2.45) is 5.73 Å². The Kier molecular flexibility index (Phi) is 10.4. The Hall–Kier alpha value is -1.18. The van der Waals surface area contributed by atoms with Crippen molar-refractivity contribution in [3.63, 3.8) is 0 Å². The van der Waals surface area contributed by atoms with Crippen molar-refractivity contribution < 1.29 is 18.0 Å². The molecule has 10 heteroatoms. The molecule has 0 unspecified atom stereocenters. The molecule has 28 heavy (non-hydrogen) atoms. The van der Waals surface area contributed by atoms with E-state index >= 15 is 0 Å². The first-order valence-electron chi connectivity index (χ1n) is 7.97. The Balaban J connectivity index is 0.000000307. The van der Waals surface area contributed by atoms with E-state index in [-0.39, 0.29) is 13.0 Å². The molecule has 1 amide bonds. The van der Waals surface area contributed by atoms with Gasteiger partial charge in [-0.15, -0.1) is 0 Å². The standard InChI is InChI=1S/C10H8Cl2F3NO.C8H9Cl2N/c11-7-2-1-6(5-8(7)12)3-4-16-9(17)10(13,14)15;9-7-2-1-6(3-4-11)5-8(7)10/h1-2,5H,3-4H2,(H,16,17);1-2,5H,3-4,11H2. The summed E-state index contributed by atoms with van der Waals surface area (Å²) in [7, 11) is 0. The fraction of sp³-hybridized carbons (Fsp3) is 0.278. The largest absolute Gasteiger partial charge is 0.471 e. The maximum atomic E-state index is 11.8. The Labute approximate surface area is 180 Å². The van der Waals surface area contributed by atoms with Crippen molar-refractivity contribution in [1.82, 2.24) is 5.32 Å². The highest BCUT2D eigenvalue weighted by molar-refractivity contribution is 6.42. The van der Waals surface area contributed by atoms with Gasteiger partial charge in [-0.2, -0.15) is 13.2 Å². The zero-order valence-corrected chi connectivity index (χ0v) is 17.4. The molecule has 3 N–H and O–H groups in total. The van der Waals surface area contributed by atoms with Gasteiger partial charge in [-0.25, -0.2) is 0 Å². The van der Waals surface area contributed by atoms with Gasteiger partial charge in [0.05, 0.1) is 20.1 Å². The summed E-state index contributed by atoms with van der Waals surface area (Å²) in [4.78, 5) is 10.5. The smallest absolute Gasteiger partial charge is 0.348 e. The van der Waals surface area contributed by atoms with Gasteiger partial charge in [-0.05, 0) is 54.8 Å². The lowest BCUT2D eigenvalue weighted by atomic mass is 10.1. The van der Waals surface area contributed by atoms with E-state index in [0.717, 1.165) is 12.0 Å². The summed E-state index contributed by atoms with van der Waals surface area (Å²) in [6, 6.07) is 10.3. The maximum Gasteiger partial charge on any atom is 0.471 e. The number of alkyl halides is 3. The second-order valence-corrected chi connectivity index (χ2v) is 7.17. The van der Waals surface area contributed by atoms with Gasteiger partial charge in [-0.3, -0.25) is 4.79 Å². The molecule has 154 valence electrons. The summed E-state index contributed by atoms with van der Waals surface area (Å²) in [5.74, 6) is -1.95. The van der Waals surface area contributed by atoms with Crippen LogP contribution in [0.3, 0.4) is 0 Å². The van der Waals surface area contributed by atoms with E-state index in [0.29, 0.717) is 32.2 Å². The van der Waals surface area contributed by atoms with Crippen LogP contribution >= 0.6 is 46.4 Å². The van der Waals surface area contributed by atoms with Crippen molar-refractivity contribution >= 4 is 52.3 Å². The molecule has 0 fully saturated rings. The van der Waals surface area contributed by atoms with Gasteiger partial charge in [0.25, 0.3) is 0 Å². The van der Waals surface area contributed by atoms with Gasteiger partial charge >= 0.3 is 12.1 Å². The minimum Gasteiger partial charge on any atom is -0.348 e. The van der Waals surface area contributed by atoms with E-state index in [4.69, 9.17) is 52.1 Å². The van der Waals surface area contributed by atoms with E-state index in [1.165, 1.54) is 0 Å². The van der Waals surface area contributed by atoms with Crippen LogP contribution in [0, 0.1) is 0 Å². The SMILES string of the molecule is NCCc1ccc(Cl)c(Cl)c1.O=C(NCCc1ccc(Cl)c(Cl)c1)C(F)(F)F. The zero-order chi connectivity index (χ0) is 21.3. The van der Waals surface area contributed by atoms with E-state index in [2.05, 4.69) is 0 Å². The van der Waals surface area contributed by atoms with E-state index in [9.17, 15) is 18.0 Å². The normalized spacial score (nSPS) is 10.9. The minimum atomic E-state index is -4.85. The Morgan fingerprint density at radius 3 is 1.71 bits per heavy atom. The number of carbonyl (C=O) groups excluding carboxylic acids is 1. The summed E-state index contributed by atoms with van der Waals surface area (Å²) >= 11 is 22.9. The highest BCUT2D eigenvalue weighted by atomic mass is 35.5. The molecule has 2 rings (SSSR count). The molecule has 0 aliphatic carbocycles. The number of rotatable bonds is 5. The van der Waals surface area contributed by atoms with Crippen molar-refractivity contribution in [3.8, 4) is 0 Å². The quantitative estimate of drug-likeness (QED) is 0.581. The number of benzene rings is 2. The highest BCUT2D eigenvalue weighted by Gasteiger charge is 2.38. The lowest BCUT2D eigenvalue weighted by Gasteiger charge is -2.08. The third-order valence-corrected chi connectivity index (χ3v) is 4.84. The fourth-order valence-electron chi connectivity index (χ4n) is 1.98. The number of amides is 1. The molecular weight excluding hydrogens is 459 g/mol. The summed E-state index contributed by atoms with van der Waals surface area (Å²) < 4.78 is 35.5. The number of carbonyl (C=O) groups is 1. The van der Waals surface area contributed by atoms with Crippen molar-refractivity contribution in [2.45, 2.75) is 19.0 Å². The first-order chi connectivity index (χ1) is 13.0. The van der Waals surface area contributed by atoms with Gasteiger partial charge in [0.15, 0.2) is 0 Å². The Morgan fingerprint density at radius 2 is 1.32 bits per heavy atom. The third-order valence-electron chi connectivity index (χ3n) is 3.36. The van der Waals surface area contributed by atoms with E-state index < -0.39 is 12.1 Å². The molecule has 2 aromatic carbocycles. The van der Waals surface area contributed by atoms with E-state index in [1.54, 1.807) is 29.6 Å². The summed E-state index contributed by atoms with van der Waals surface area (Å²) in [5, 5.41) is 3.65. The van der Waals surface area contributed by atoms with Gasteiger partial charge in [-0.1, -0.05) is 58.5 Å². The molecule has 2 aromatic rings. The molecule has 0 saturated heterocycles. The van der Waals surface area contributed by atoms with E-state index in [1.807, 2.05) is 12.1 Å². The molecule has 0 heterocycles. The monoisotopic (exact) mass is 474 g/mol. The van der Waals surface area contributed by atoms with Crippen LogP contribution in [0.15, 0.2) is 36.4 Å². The predicted molar refractivity (Wildman–Crippen MR) is 108 cm³/mol. The molecule has 3 nitrogen and oxygen atoms in total. The molecule has 0 radical (unpaired) electrons. The van der Waals surface area contributed by atoms with Gasteiger partial charge < -0.3 is 11.1 Å². The molecule has 0 spiro atoms. The topological polar surface area (TPSA) is 55.1 Å². The van der Waals surface area contributed by atoms with Crippen molar-refractivity contribution in [1.29, 1.82) is 0 Å². The average Bonchev–Trinajstić information content (AvgIpc) is 2.61. The number of nitrogens with one attached hydrogen (secondary N) is 1. The molecule has 0 bridgehead atoms. The summed E-state index contributed by atoms with van der Waals surface area (Å²) in [6.07, 6.45) is -3.76. The summed E-state index contributed by atoms with van der Waals surface area (Å²) in [6.45, 7) is 0.522. The zero-order valence-electron chi connectivity index (χ0n) is 14.4. The van der Waals surface area contributed by atoms with Crippen LogP contribution < -0.4 is 11.1 Å². The number of nitrogens with two attached hydrogens (primary N) is 1. The first kappa shape index (κ1) is 24.9. The lowest BCUT2D eigenvalue weighted by Crippen LogP contribution is -2.37. The van der Waals surface area contributed by atoms with Crippen LogP contribution in [-0.2, 0) is 17.6 Å². The first-order valence-corrected chi connectivity index (χ1v) is 9.48. The molecule has 0 atom stereocenters. The average molecular weight is 476 g/mol. The second-order valence-electron chi connectivity index (χ2n) is 5.54. The molecule has 0 aliphatic heterocycles.